The van der Waals surface area contributed by atoms with Crippen LogP contribution in [0.4, 0.5) is 0 Å². The molecule has 0 saturated heterocycles. The van der Waals surface area contributed by atoms with Gasteiger partial charge in [0.05, 0.1) is 32.9 Å². The van der Waals surface area contributed by atoms with Crippen molar-refractivity contribution in [2.45, 2.75) is 6.04 Å². The summed E-state index contributed by atoms with van der Waals surface area (Å²) in [5.41, 5.74) is 3.33. The number of ether oxygens (including phenoxy) is 3. The molecule has 0 saturated carbocycles. The second kappa shape index (κ2) is 7.34. The van der Waals surface area contributed by atoms with Crippen molar-refractivity contribution in [3.63, 3.8) is 0 Å². The monoisotopic (exact) mass is 337 g/mol. The van der Waals surface area contributed by atoms with Crippen LogP contribution in [0.3, 0.4) is 0 Å². The first-order chi connectivity index (χ1) is 12.2. The van der Waals surface area contributed by atoms with Crippen LogP contribution in [0, 0.1) is 0 Å². The lowest BCUT2D eigenvalue weighted by atomic mass is 9.92. The third-order valence-corrected chi connectivity index (χ3v) is 4.44. The Balaban J connectivity index is 2.01. The van der Waals surface area contributed by atoms with Gasteiger partial charge in [-0.15, -0.1) is 0 Å². The van der Waals surface area contributed by atoms with Crippen molar-refractivity contribution in [1.29, 1.82) is 0 Å². The Kier molecular flexibility index (Phi) is 4.98. The molecule has 1 heterocycles. The van der Waals surface area contributed by atoms with E-state index in [2.05, 4.69) is 54.6 Å². The molecule has 1 aliphatic heterocycles. The third kappa shape index (κ3) is 3.33. The SMILES string of the molecule is COc1cc(OC)c(/C=C/C2=C3C=CC=CC3N(C)C=C2)c(OC)c1. The Bertz CT molecular complexity index is 774. The minimum absolute atomic E-state index is 0.273. The van der Waals surface area contributed by atoms with E-state index in [0.717, 1.165) is 5.56 Å². The number of hydrogen-bond donors (Lipinski definition) is 0. The van der Waals surface area contributed by atoms with E-state index in [1.165, 1.54) is 11.1 Å². The molecule has 1 aromatic carbocycles. The van der Waals surface area contributed by atoms with E-state index in [1.54, 1.807) is 21.3 Å². The smallest absolute Gasteiger partial charge is 0.133 e. The number of benzene rings is 1. The van der Waals surface area contributed by atoms with Crippen molar-refractivity contribution in [2.24, 2.45) is 0 Å². The van der Waals surface area contributed by atoms with Crippen molar-refractivity contribution < 1.29 is 14.2 Å². The van der Waals surface area contributed by atoms with Gasteiger partial charge in [-0.1, -0.05) is 30.4 Å². The van der Waals surface area contributed by atoms with Gasteiger partial charge in [-0.3, -0.25) is 0 Å². The Labute approximate surface area is 149 Å². The van der Waals surface area contributed by atoms with Crippen molar-refractivity contribution >= 4 is 6.08 Å². The molecule has 0 fully saturated rings. The lowest BCUT2D eigenvalue weighted by Gasteiger charge is -2.31. The first kappa shape index (κ1) is 17.0. The largest absolute Gasteiger partial charge is 0.496 e. The molecule has 2 aliphatic rings. The average Bonchev–Trinajstić information content (AvgIpc) is 2.67. The second-order valence-electron chi connectivity index (χ2n) is 5.86. The van der Waals surface area contributed by atoms with Crippen LogP contribution in [0.5, 0.6) is 17.2 Å². The van der Waals surface area contributed by atoms with Gasteiger partial charge in [-0.2, -0.15) is 0 Å². The second-order valence-corrected chi connectivity index (χ2v) is 5.86. The molecule has 4 nitrogen and oxygen atoms in total. The lowest BCUT2D eigenvalue weighted by Crippen LogP contribution is -2.30. The van der Waals surface area contributed by atoms with Gasteiger partial charge in [0.15, 0.2) is 0 Å². The van der Waals surface area contributed by atoms with Gasteiger partial charge < -0.3 is 19.1 Å². The highest BCUT2D eigenvalue weighted by Crippen LogP contribution is 2.36. The average molecular weight is 337 g/mol. The molecule has 1 atom stereocenters. The van der Waals surface area contributed by atoms with E-state index in [-0.39, 0.29) is 6.04 Å². The highest BCUT2D eigenvalue weighted by atomic mass is 16.5. The standard InChI is InChI=1S/C21H23NO3/c1-22-12-11-15(17-7-5-6-8-19(17)22)9-10-18-20(24-3)13-16(23-2)14-21(18)25-4/h5-14,19H,1-4H3/b10-9+. The molecule has 130 valence electrons. The van der Waals surface area contributed by atoms with Gasteiger partial charge >= 0.3 is 0 Å². The van der Waals surface area contributed by atoms with Crippen LogP contribution in [-0.4, -0.2) is 39.3 Å². The molecular weight excluding hydrogens is 314 g/mol. The van der Waals surface area contributed by atoms with Crippen LogP contribution < -0.4 is 14.2 Å². The minimum atomic E-state index is 0.273. The van der Waals surface area contributed by atoms with E-state index in [4.69, 9.17) is 14.2 Å². The van der Waals surface area contributed by atoms with Gasteiger partial charge in [0.1, 0.15) is 17.2 Å². The molecule has 4 heteroatoms. The van der Waals surface area contributed by atoms with E-state index in [1.807, 2.05) is 18.2 Å². The number of rotatable bonds is 5. The molecule has 0 amide bonds. The molecule has 25 heavy (non-hydrogen) atoms. The molecule has 0 aromatic heterocycles. The third-order valence-electron chi connectivity index (χ3n) is 4.44. The number of fused-ring (bicyclic) bond motifs is 1. The summed E-state index contributed by atoms with van der Waals surface area (Å²) in [5.74, 6) is 2.13. The van der Waals surface area contributed by atoms with E-state index in [0.29, 0.717) is 17.2 Å². The normalized spacial score (nSPS) is 18.7. The van der Waals surface area contributed by atoms with Crippen LogP contribution in [0.2, 0.25) is 0 Å². The maximum atomic E-state index is 5.52. The quantitative estimate of drug-likeness (QED) is 0.813. The molecule has 1 unspecified atom stereocenters. The number of methoxy groups -OCH3 is 3. The van der Waals surface area contributed by atoms with E-state index in [9.17, 15) is 0 Å². The summed E-state index contributed by atoms with van der Waals surface area (Å²) in [6.45, 7) is 0. The molecule has 0 bridgehead atoms. The Morgan fingerprint density at radius 1 is 0.920 bits per heavy atom. The zero-order valence-corrected chi connectivity index (χ0v) is 15.0. The first-order valence-corrected chi connectivity index (χ1v) is 8.15. The van der Waals surface area contributed by atoms with Crippen LogP contribution in [0.1, 0.15) is 5.56 Å². The predicted octanol–water partition coefficient (Wildman–Crippen LogP) is 3.98. The zero-order valence-electron chi connectivity index (χ0n) is 15.0. The summed E-state index contributed by atoms with van der Waals surface area (Å²) in [7, 11) is 7.00. The number of allylic oxidation sites excluding steroid dienone is 5. The number of nitrogens with zero attached hydrogens (tertiary/aromatic N) is 1. The fourth-order valence-corrected chi connectivity index (χ4v) is 3.06. The molecule has 0 N–H and O–H groups in total. The van der Waals surface area contributed by atoms with Gasteiger partial charge in [0.25, 0.3) is 0 Å². The van der Waals surface area contributed by atoms with Crippen LogP contribution >= 0.6 is 0 Å². The maximum absolute atomic E-state index is 5.52. The highest BCUT2D eigenvalue weighted by Gasteiger charge is 2.20. The fourth-order valence-electron chi connectivity index (χ4n) is 3.06. The predicted molar refractivity (Wildman–Crippen MR) is 101 cm³/mol. The van der Waals surface area contributed by atoms with Crippen LogP contribution in [-0.2, 0) is 0 Å². The van der Waals surface area contributed by atoms with E-state index >= 15 is 0 Å². The van der Waals surface area contributed by atoms with Gasteiger partial charge in [0, 0.05) is 25.4 Å². The minimum Gasteiger partial charge on any atom is -0.496 e. The summed E-state index contributed by atoms with van der Waals surface area (Å²) in [6.07, 6.45) is 16.9. The van der Waals surface area contributed by atoms with Gasteiger partial charge in [-0.25, -0.2) is 0 Å². The van der Waals surface area contributed by atoms with E-state index < -0.39 is 0 Å². The molecule has 3 rings (SSSR count). The maximum Gasteiger partial charge on any atom is 0.133 e. The van der Waals surface area contributed by atoms with Crippen LogP contribution in [0.15, 0.2) is 65.9 Å². The number of likely N-dealkylation sites (N-methyl/N-ethyl adjacent to an activating group) is 1. The van der Waals surface area contributed by atoms with Gasteiger partial charge in [0.2, 0.25) is 0 Å². The van der Waals surface area contributed by atoms with Crippen molar-refractivity contribution in [2.75, 3.05) is 28.4 Å². The topological polar surface area (TPSA) is 30.9 Å². The Hall–Kier alpha value is -2.88. The fraction of sp³-hybridized carbons (Fsp3) is 0.238. The van der Waals surface area contributed by atoms with Gasteiger partial charge in [-0.05, 0) is 23.3 Å². The molecule has 0 spiro atoms. The number of hydrogen-bond acceptors (Lipinski definition) is 4. The first-order valence-electron chi connectivity index (χ1n) is 8.15. The Morgan fingerprint density at radius 3 is 2.28 bits per heavy atom. The lowest BCUT2D eigenvalue weighted by molar-refractivity contribution is 0.374. The molecule has 0 radical (unpaired) electrons. The van der Waals surface area contributed by atoms with Crippen LogP contribution in [0.25, 0.3) is 6.08 Å². The summed E-state index contributed by atoms with van der Waals surface area (Å²) in [6, 6.07) is 3.99. The van der Waals surface area contributed by atoms with Crippen molar-refractivity contribution in [1.82, 2.24) is 4.90 Å². The summed E-state index contributed by atoms with van der Waals surface area (Å²) < 4.78 is 16.3. The Morgan fingerprint density at radius 2 is 1.64 bits per heavy atom. The molecule has 1 aromatic rings. The summed E-state index contributed by atoms with van der Waals surface area (Å²) >= 11 is 0. The summed E-state index contributed by atoms with van der Waals surface area (Å²) in [4.78, 5) is 2.20. The molecule has 1 aliphatic carbocycles. The highest BCUT2D eigenvalue weighted by molar-refractivity contribution is 5.69. The van der Waals surface area contributed by atoms with Crippen molar-refractivity contribution in [3.05, 3.63) is 71.5 Å². The molecular formula is C21H23NO3. The zero-order chi connectivity index (χ0) is 17.8. The van der Waals surface area contributed by atoms with Crippen molar-refractivity contribution in [3.8, 4) is 17.2 Å². The summed E-state index contributed by atoms with van der Waals surface area (Å²) in [5, 5.41) is 0.